The molecule has 8 nitrogen and oxygen atoms in total. The van der Waals surface area contributed by atoms with Crippen molar-refractivity contribution in [3.63, 3.8) is 0 Å². The van der Waals surface area contributed by atoms with Gasteiger partial charge < -0.3 is 15.4 Å². The predicted molar refractivity (Wildman–Crippen MR) is 122 cm³/mol. The van der Waals surface area contributed by atoms with Gasteiger partial charge in [-0.05, 0) is 56.7 Å². The number of carbonyl (C=O) groups excluding carboxylic acids is 1. The molecule has 0 fully saturated rings. The average Bonchev–Trinajstić information content (AvgIpc) is 3.17. The van der Waals surface area contributed by atoms with Gasteiger partial charge in [0.05, 0.1) is 5.69 Å². The highest BCUT2D eigenvalue weighted by atomic mass is 32.1. The Labute approximate surface area is 179 Å². The summed E-state index contributed by atoms with van der Waals surface area (Å²) in [5.74, 6) is 0.448. The van der Waals surface area contributed by atoms with E-state index in [9.17, 15) is 4.79 Å². The van der Waals surface area contributed by atoms with E-state index in [4.69, 9.17) is 4.74 Å². The molecule has 1 heterocycles. The number of nitrogens with zero attached hydrogens (tertiary/aromatic N) is 3. The summed E-state index contributed by atoms with van der Waals surface area (Å²) in [6, 6.07) is 13.4. The van der Waals surface area contributed by atoms with Gasteiger partial charge in [0.1, 0.15) is 10.8 Å². The van der Waals surface area contributed by atoms with Crippen molar-refractivity contribution in [1.29, 1.82) is 0 Å². The first-order chi connectivity index (χ1) is 14.4. The second-order valence-electron chi connectivity index (χ2n) is 6.88. The standard InChI is InChI=1S/C21H24N6O2S/c1-13(2)23-19(28)12-29-17-7-5-6-15(11-17)20-26-27-21(30-20)24-16-8-9-18(25-22-4)14(3)10-16/h5-11,13,25H,4,12H2,1-3H3,(H,23,28)(H,24,27). The molecule has 0 bridgehead atoms. The molecule has 1 aromatic heterocycles. The van der Waals surface area contributed by atoms with Crippen LogP contribution in [-0.2, 0) is 4.79 Å². The number of amides is 1. The van der Waals surface area contributed by atoms with Crippen LogP contribution in [0.15, 0.2) is 47.6 Å². The summed E-state index contributed by atoms with van der Waals surface area (Å²) in [7, 11) is 0. The van der Waals surface area contributed by atoms with E-state index < -0.39 is 0 Å². The van der Waals surface area contributed by atoms with Gasteiger partial charge in [-0.25, -0.2) is 0 Å². The van der Waals surface area contributed by atoms with E-state index in [1.807, 2.05) is 63.2 Å². The number of benzene rings is 2. The third kappa shape index (κ3) is 5.77. The van der Waals surface area contributed by atoms with E-state index in [-0.39, 0.29) is 18.6 Å². The number of rotatable bonds is 9. The molecular formula is C21H24N6O2S. The number of hydrogen-bond acceptors (Lipinski definition) is 8. The Balaban J connectivity index is 1.66. The van der Waals surface area contributed by atoms with Gasteiger partial charge in [0.15, 0.2) is 6.61 Å². The third-order valence-electron chi connectivity index (χ3n) is 4.00. The Morgan fingerprint density at radius 3 is 2.80 bits per heavy atom. The van der Waals surface area contributed by atoms with Crippen LogP contribution < -0.4 is 20.8 Å². The molecule has 0 unspecified atom stereocenters. The summed E-state index contributed by atoms with van der Waals surface area (Å²) in [6.45, 7) is 9.20. The van der Waals surface area contributed by atoms with Crippen molar-refractivity contribution < 1.29 is 9.53 Å². The molecule has 3 aromatic rings. The van der Waals surface area contributed by atoms with Crippen molar-refractivity contribution in [3.05, 3.63) is 48.0 Å². The molecule has 0 aliphatic heterocycles. The Kier molecular flexibility index (Phi) is 6.97. The first kappa shape index (κ1) is 21.3. The maximum atomic E-state index is 11.8. The van der Waals surface area contributed by atoms with Crippen molar-refractivity contribution >= 4 is 40.5 Å². The van der Waals surface area contributed by atoms with Crippen molar-refractivity contribution in [3.8, 4) is 16.3 Å². The lowest BCUT2D eigenvalue weighted by molar-refractivity contribution is -0.123. The van der Waals surface area contributed by atoms with Crippen molar-refractivity contribution in [2.45, 2.75) is 26.8 Å². The molecule has 0 saturated heterocycles. The third-order valence-corrected chi connectivity index (χ3v) is 4.89. The lowest BCUT2D eigenvalue weighted by Crippen LogP contribution is -2.34. The zero-order valence-corrected chi connectivity index (χ0v) is 17.9. The summed E-state index contributed by atoms with van der Waals surface area (Å²) in [5, 5.41) is 19.7. The highest BCUT2D eigenvalue weighted by Gasteiger charge is 2.10. The number of carbonyl (C=O) groups is 1. The molecule has 0 aliphatic rings. The predicted octanol–water partition coefficient (Wildman–Crippen LogP) is 4.19. The SMILES string of the molecule is C=NNc1ccc(Nc2nnc(-c3cccc(OCC(=O)NC(C)C)c3)s2)cc1C. The summed E-state index contributed by atoms with van der Waals surface area (Å²) in [4.78, 5) is 11.8. The first-order valence-corrected chi connectivity index (χ1v) is 10.2. The number of nitrogens with one attached hydrogen (secondary N) is 3. The summed E-state index contributed by atoms with van der Waals surface area (Å²) >= 11 is 1.43. The number of anilines is 3. The average molecular weight is 425 g/mol. The topological polar surface area (TPSA) is 101 Å². The molecule has 156 valence electrons. The van der Waals surface area contributed by atoms with E-state index in [1.54, 1.807) is 0 Å². The minimum atomic E-state index is -0.154. The molecule has 9 heteroatoms. The van der Waals surface area contributed by atoms with Crippen LogP contribution in [0.3, 0.4) is 0 Å². The van der Waals surface area contributed by atoms with Crippen LogP contribution in [0.4, 0.5) is 16.5 Å². The Morgan fingerprint density at radius 2 is 2.07 bits per heavy atom. The number of ether oxygens (including phenoxy) is 1. The molecule has 3 rings (SSSR count). The fourth-order valence-corrected chi connectivity index (χ4v) is 3.46. The molecule has 2 aromatic carbocycles. The van der Waals surface area contributed by atoms with Gasteiger partial charge in [-0.3, -0.25) is 10.2 Å². The van der Waals surface area contributed by atoms with Crippen LogP contribution in [0, 0.1) is 6.92 Å². The highest BCUT2D eigenvalue weighted by molar-refractivity contribution is 7.18. The van der Waals surface area contributed by atoms with Gasteiger partial charge >= 0.3 is 0 Å². The number of hydrazone groups is 1. The first-order valence-electron chi connectivity index (χ1n) is 9.40. The number of hydrogen-bond donors (Lipinski definition) is 3. The Hall–Kier alpha value is -3.46. The molecule has 0 aliphatic carbocycles. The van der Waals surface area contributed by atoms with E-state index >= 15 is 0 Å². The summed E-state index contributed by atoms with van der Waals surface area (Å²) in [5.41, 5.74) is 6.55. The van der Waals surface area contributed by atoms with Crippen LogP contribution in [0.5, 0.6) is 5.75 Å². The zero-order valence-electron chi connectivity index (χ0n) is 17.1. The van der Waals surface area contributed by atoms with Gasteiger partial charge in [0.2, 0.25) is 5.13 Å². The van der Waals surface area contributed by atoms with Crippen LogP contribution in [0.25, 0.3) is 10.6 Å². The Bertz CT molecular complexity index is 1030. The van der Waals surface area contributed by atoms with Gasteiger partial charge in [0.25, 0.3) is 5.91 Å². The number of aryl methyl sites for hydroxylation is 1. The normalized spacial score (nSPS) is 10.5. The molecule has 0 atom stereocenters. The van der Waals surface area contributed by atoms with Crippen LogP contribution >= 0.6 is 11.3 Å². The monoisotopic (exact) mass is 424 g/mol. The summed E-state index contributed by atoms with van der Waals surface area (Å²) < 4.78 is 5.59. The molecule has 30 heavy (non-hydrogen) atoms. The quantitative estimate of drug-likeness (QED) is 0.352. The number of aromatic nitrogens is 2. The van der Waals surface area contributed by atoms with E-state index in [0.717, 1.165) is 27.5 Å². The maximum absolute atomic E-state index is 11.8. The minimum Gasteiger partial charge on any atom is -0.484 e. The van der Waals surface area contributed by atoms with Gasteiger partial charge in [-0.15, -0.1) is 10.2 Å². The molecule has 3 N–H and O–H groups in total. The Morgan fingerprint density at radius 1 is 1.23 bits per heavy atom. The van der Waals surface area contributed by atoms with Gasteiger partial charge in [-0.1, -0.05) is 23.5 Å². The fourth-order valence-electron chi connectivity index (χ4n) is 2.70. The molecular weight excluding hydrogens is 400 g/mol. The second-order valence-corrected chi connectivity index (χ2v) is 7.85. The van der Waals surface area contributed by atoms with E-state index in [2.05, 4.69) is 38.1 Å². The van der Waals surface area contributed by atoms with Crippen LogP contribution in [0.2, 0.25) is 0 Å². The van der Waals surface area contributed by atoms with Crippen molar-refractivity contribution in [2.24, 2.45) is 5.10 Å². The van der Waals surface area contributed by atoms with Gasteiger partial charge in [0, 0.05) is 24.0 Å². The zero-order chi connectivity index (χ0) is 21.5. The lowest BCUT2D eigenvalue weighted by atomic mass is 10.2. The van der Waals surface area contributed by atoms with E-state index in [0.29, 0.717) is 10.9 Å². The highest BCUT2D eigenvalue weighted by Crippen LogP contribution is 2.31. The maximum Gasteiger partial charge on any atom is 0.258 e. The second kappa shape index (κ2) is 9.84. The van der Waals surface area contributed by atoms with Crippen molar-refractivity contribution in [1.82, 2.24) is 15.5 Å². The van der Waals surface area contributed by atoms with Crippen LogP contribution in [-0.4, -0.2) is 35.5 Å². The van der Waals surface area contributed by atoms with E-state index in [1.165, 1.54) is 11.3 Å². The largest absolute Gasteiger partial charge is 0.484 e. The summed E-state index contributed by atoms with van der Waals surface area (Å²) in [6.07, 6.45) is 0. The van der Waals surface area contributed by atoms with Crippen LogP contribution in [0.1, 0.15) is 19.4 Å². The van der Waals surface area contributed by atoms with Gasteiger partial charge in [-0.2, -0.15) is 5.10 Å². The fraction of sp³-hybridized carbons (Fsp3) is 0.238. The molecule has 0 saturated carbocycles. The van der Waals surface area contributed by atoms with Crippen molar-refractivity contribution in [2.75, 3.05) is 17.3 Å². The smallest absolute Gasteiger partial charge is 0.258 e. The molecule has 0 radical (unpaired) electrons. The molecule has 1 amide bonds. The lowest BCUT2D eigenvalue weighted by Gasteiger charge is -2.10. The molecule has 0 spiro atoms. The minimum absolute atomic E-state index is 0.0316.